The van der Waals surface area contributed by atoms with E-state index < -0.39 is 18.7 Å². The fourth-order valence-corrected chi connectivity index (χ4v) is 4.24. The summed E-state index contributed by atoms with van der Waals surface area (Å²) in [6.45, 7) is -2.55. The Morgan fingerprint density at radius 3 is 2.84 bits per heavy atom. The number of carbonyl (C=O) groups is 1. The lowest BCUT2D eigenvalue weighted by Crippen LogP contribution is -2.23. The average Bonchev–Trinajstić information content (AvgIpc) is 3.65. The number of benzene rings is 1. The fraction of sp³-hybridized carbons (Fsp3) is 0.269. The third kappa shape index (κ3) is 4.61. The maximum Gasteiger partial charge on any atom is 0.273 e. The highest BCUT2D eigenvalue weighted by atomic mass is 19.1. The Kier molecular flexibility index (Phi) is 5.23. The van der Waals surface area contributed by atoms with Gasteiger partial charge in [-0.3, -0.25) is 14.4 Å². The van der Waals surface area contributed by atoms with Gasteiger partial charge in [-0.15, -0.1) is 10.2 Å². The van der Waals surface area contributed by atoms with Crippen LogP contribution in [0.15, 0.2) is 48.7 Å². The van der Waals surface area contributed by atoms with E-state index >= 15 is 0 Å². The van der Waals surface area contributed by atoms with Crippen molar-refractivity contribution in [3.8, 4) is 5.75 Å². The first-order chi connectivity index (χ1) is 19.7. The van der Waals surface area contributed by atoms with Crippen LogP contribution in [0.3, 0.4) is 0 Å². The SMILES string of the molecule is [2H]C([2H])([2H])NC(=O)c1nnc2cc1Nc1cc(ccc1OC)COCc1cc(F)cc(n1)N2c1ccn(C2CC2)n1. The van der Waals surface area contributed by atoms with Gasteiger partial charge in [0.25, 0.3) is 5.91 Å². The molecule has 0 saturated heterocycles. The van der Waals surface area contributed by atoms with Gasteiger partial charge in [0.1, 0.15) is 17.4 Å². The number of hydrogen-bond donors (Lipinski definition) is 2. The van der Waals surface area contributed by atoms with Crippen molar-refractivity contribution in [3.05, 3.63) is 71.4 Å². The third-order valence-electron chi connectivity index (χ3n) is 6.19. The summed E-state index contributed by atoms with van der Waals surface area (Å²) in [4.78, 5) is 19.1. The van der Waals surface area contributed by atoms with Gasteiger partial charge in [0.15, 0.2) is 17.3 Å². The molecule has 0 spiro atoms. The molecule has 11 nitrogen and oxygen atoms in total. The van der Waals surface area contributed by atoms with Crippen molar-refractivity contribution in [2.45, 2.75) is 32.1 Å². The number of hydrogen-bond acceptors (Lipinski definition) is 9. The molecule has 0 atom stereocenters. The van der Waals surface area contributed by atoms with Gasteiger partial charge in [-0.05, 0) is 36.6 Å². The van der Waals surface area contributed by atoms with Crippen molar-refractivity contribution >= 4 is 34.7 Å². The number of ether oxygens (including phenoxy) is 2. The summed E-state index contributed by atoms with van der Waals surface area (Å²) in [5, 5.41) is 18.1. The average molecular weight is 520 g/mol. The van der Waals surface area contributed by atoms with Crippen molar-refractivity contribution < 1.29 is 22.8 Å². The molecule has 1 saturated carbocycles. The van der Waals surface area contributed by atoms with Crippen molar-refractivity contribution in [2.24, 2.45) is 0 Å². The minimum Gasteiger partial charge on any atom is -0.495 e. The Morgan fingerprint density at radius 2 is 2.03 bits per heavy atom. The van der Waals surface area contributed by atoms with E-state index in [1.165, 1.54) is 30.2 Å². The van der Waals surface area contributed by atoms with Gasteiger partial charge in [0.2, 0.25) is 0 Å². The number of methoxy groups -OCH3 is 1. The molecule has 2 aliphatic rings. The molecule has 0 radical (unpaired) electrons. The van der Waals surface area contributed by atoms with E-state index in [1.807, 2.05) is 16.2 Å². The second-order valence-corrected chi connectivity index (χ2v) is 8.93. The van der Waals surface area contributed by atoms with Crippen molar-refractivity contribution in [2.75, 3.05) is 24.3 Å². The van der Waals surface area contributed by atoms with Crippen LogP contribution < -0.4 is 20.3 Å². The topological polar surface area (TPSA) is 119 Å². The van der Waals surface area contributed by atoms with E-state index in [4.69, 9.17) is 13.6 Å². The van der Waals surface area contributed by atoms with Crippen LogP contribution in [0.5, 0.6) is 5.75 Å². The maximum atomic E-state index is 14.9. The predicted octanol–water partition coefficient (Wildman–Crippen LogP) is 4.15. The van der Waals surface area contributed by atoms with Gasteiger partial charge in [0.05, 0.1) is 43.4 Å². The molecule has 38 heavy (non-hydrogen) atoms. The van der Waals surface area contributed by atoms with Crippen LogP contribution >= 0.6 is 0 Å². The summed E-state index contributed by atoms with van der Waals surface area (Å²) in [7, 11) is 1.50. The lowest BCUT2D eigenvalue weighted by atomic mass is 10.1. The Labute approximate surface area is 221 Å². The molecular formula is C26H25FN8O3. The van der Waals surface area contributed by atoms with E-state index in [0.717, 1.165) is 18.4 Å². The molecule has 1 aliphatic heterocycles. The van der Waals surface area contributed by atoms with Crippen molar-refractivity contribution in [3.63, 3.8) is 0 Å². The number of rotatable bonds is 4. The van der Waals surface area contributed by atoms with Crippen molar-refractivity contribution in [1.82, 2.24) is 30.3 Å². The van der Waals surface area contributed by atoms with Crippen LogP contribution in [-0.2, 0) is 18.0 Å². The Balaban J connectivity index is 1.55. The molecule has 6 rings (SSSR count). The zero-order chi connectivity index (χ0) is 28.7. The highest BCUT2D eigenvalue weighted by Crippen LogP contribution is 2.38. The largest absolute Gasteiger partial charge is 0.495 e. The van der Waals surface area contributed by atoms with Gasteiger partial charge in [-0.25, -0.2) is 9.37 Å². The maximum absolute atomic E-state index is 14.9. The molecule has 1 aliphatic carbocycles. The van der Waals surface area contributed by atoms with Crippen LogP contribution in [-0.4, -0.2) is 45.0 Å². The molecule has 4 heterocycles. The van der Waals surface area contributed by atoms with Crippen LogP contribution in [0.4, 0.5) is 33.2 Å². The quantitative estimate of drug-likeness (QED) is 0.410. The van der Waals surface area contributed by atoms with Crippen LogP contribution in [0, 0.1) is 5.82 Å². The molecule has 1 fully saturated rings. The zero-order valence-corrected chi connectivity index (χ0v) is 20.3. The van der Waals surface area contributed by atoms with Crippen LogP contribution in [0.2, 0.25) is 0 Å². The van der Waals surface area contributed by atoms with E-state index in [-0.39, 0.29) is 42.3 Å². The smallest absolute Gasteiger partial charge is 0.273 e. The Hall–Kier alpha value is -4.58. The molecule has 194 valence electrons. The molecule has 3 aromatic heterocycles. The minimum atomic E-state index is -2.76. The lowest BCUT2D eigenvalue weighted by molar-refractivity contribution is 0.0958. The predicted molar refractivity (Wildman–Crippen MR) is 137 cm³/mol. The lowest BCUT2D eigenvalue weighted by Gasteiger charge is -2.23. The van der Waals surface area contributed by atoms with Crippen LogP contribution in [0.25, 0.3) is 0 Å². The molecule has 4 aromatic rings. The Morgan fingerprint density at radius 1 is 1.13 bits per heavy atom. The molecular weight excluding hydrogens is 491 g/mol. The van der Waals surface area contributed by atoms with E-state index in [1.54, 1.807) is 24.3 Å². The standard InChI is InChI=1S/C26H25FN8O3/c1-28-26(36)25-20-12-24(31-32-25)35(22-7-8-34(33-22)18-4-5-18)23-11-16(27)10-17(29-23)14-38-13-15-3-6-21(37-2)19(9-15)30-20/h3,6-12,18,30H,4-5,13-14H2,1-2H3,(H,28,36)/i1D3. The number of carbonyl (C=O) groups excluding carboxylic acids is 1. The second-order valence-electron chi connectivity index (χ2n) is 8.93. The number of nitrogens with zero attached hydrogens (tertiary/aromatic N) is 6. The zero-order valence-electron chi connectivity index (χ0n) is 23.3. The molecule has 1 aromatic carbocycles. The monoisotopic (exact) mass is 519 g/mol. The number of pyridine rings is 1. The van der Waals surface area contributed by atoms with E-state index in [0.29, 0.717) is 22.9 Å². The molecule has 1 amide bonds. The van der Waals surface area contributed by atoms with Gasteiger partial charge in [0, 0.05) is 35.5 Å². The van der Waals surface area contributed by atoms with Gasteiger partial charge in [-0.2, -0.15) is 5.10 Å². The van der Waals surface area contributed by atoms with Gasteiger partial charge in [-0.1, -0.05) is 6.07 Å². The third-order valence-corrected chi connectivity index (χ3v) is 6.19. The number of amides is 1. The summed E-state index contributed by atoms with van der Waals surface area (Å²) in [5.74, 6) is -0.348. The van der Waals surface area contributed by atoms with E-state index in [9.17, 15) is 9.18 Å². The highest BCUT2D eigenvalue weighted by molar-refractivity contribution is 5.99. The molecule has 2 N–H and O–H groups in total. The second kappa shape index (κ2) is 9.71. The number of aromatic nitrogens is 5. The molecule has 0 unspecified atom stereocenters. The molecule has 12 heteroatoms. The number of anilines is 5. The first kappa shape index (κ1) is 20.5. The Bertz CT molecular complexity index is 1630. The molecule has 6 bridgehead atoms. The number of halogens is 1. The summed E-state index contributed by atoms with van der Waals surface area (Å²) in [6.07, 6.45) is 3.83. The summed E-state index contributed by atoms with van der Waals surface area (Å²) in [5.41, 5.74) is 1.41. The first-order valence-corrected chi connectivity index (χ1v) is 11.9. The fourth-order valence-electron chi connectivity index (χ4n) is 4.24. The van der Waals surface area contributed by atoms with Gasteiger partial charge < -0.3 is 20.1 Å². The normalized spacial score (nSPS) is 16.4. The summed E-state index contributed by atoms with van der Waals surface area (Å²) in [6, 6.07) is 11.3. The number of fused-ring (bicyclic) bond motifs is 6. The minimum absolute atomic E-state index is 0.0368. The van der Waals surface area contributed by atoms with Crippen LogP contribution in [0.1, 0.15) is 44.7 Å². The first-order valence-electron chi connectivity index (χ1n) is 13.4. The van der Waals surface area contributed by atoms with Crippen molar-refractivity contribution in [1.29, 1.82) is 0 Å². The van der Waals surface area contributed by atoms with Gasteiger partial charge >= 0.3 is 0 Å². The summed E-state index contributed by atoms with van der Waals surface area (Å²) >= 11 is 0. The summed E-state index contributed by atoms with van der Waals surface area (Å²) < 4.78 is 50.5. The highest BCUT2D eigenvalue weighted by Gasteiger charge is 2.28. The van der Waals surface area contributed by atoms with E-state index in [2.05, 4.69) is 25.6 Å². The number of nitrogens with one attached hydrogen (secondary N) is 2.